The molecule has 9 heteroatoms. The van der Waals surface area contributed by atoms with Gasteiger partial charge in [0.15, 0.2) is 0 Å². The average molecular weight is 286 g/mol. The quantitative estimate of drug-likeness (QED) is 0.771. The fraction of sp³-hybridized carbons (Fsp3) is 0.778. The summed E-state index contributed by atoms with van der Waals surface area (Å²) < 4.78 is 35.6. The zero-order valence-corrected chi connectivity index (χ0v) is 10.2. The normalized spacial score (nSPS) is 20.8. The van der Waals surface area contributed by atoms with E-state index in [9.17, 15) is 22.8 Å². The van der Waals surface area contributed by atoms with Gasteiger partial charge in [0, 0.05) is 18.1 Å². The molecular formula is C9H13F3N2O3S. The van der Waals surface area contributed by atoms with E-state index in [-0.39, 0.29) is 12.3 Å². The van der Waals surface area contributed by atoms with Crippen LogP contribution in [0.5, 0.6) is 0 Å². The van der Waals surface area contributed by atoms with Gasteiger partial charge in [-0.3, -0.25) is 4.79 Å². The molecule has 1 heterocycles. The number of nitrogens with zero attached hydrogens (tertiary/aromatic N) is 1. The van der Waals surface area contributed by atoms with E-state index >= 15 is 0 Å². The first kappa shape index (κ1) is 15.1. The molecule has 0 aliphatic carbocycles. The van der Waals surface area contributed by atoms with Crippen molar-refractivity contribution in [3.8, 4) is 0 Å². The summed E-state index contributed by atoms with van der Waals surface area (Å²) in [7, 11) is 0. The lowest BCUT2D eigenvalue weighted by Crippen LogP contribution is -2.53. The average Bonchev–Trinajstić information content (AvgIpc) is 2.27. The molecule has 1 fully saturated rings. The Bertz CT molecular complexity index is 325. The Morgan fingerprint density at radius 2 is 2.11 bits per heavy atom. The number of aliphatic carboxylic acids is 1. The molecule has 1 atom stereocenters. The van der Waals surface area contributed by atoms with Crippen molar-refractivity contribution < 1.29 is 27.9 Å². The molecule has 18 heavy (non-hydrogen) atoms. The van der Waals surface area contributed by atoms with Crippen molar-refractivity contribution in [2.24, 2.45) is 0 Å². The summed E-state index contributed by atoms with van der Waals surface area (Å²) in [5.74, 6) is -0.895. The van der Waals surface area contributed by atoms with Crippen molar-refractivity contribution >= 4 is 23.6 Å². The highest BCUT2D eigenvalue weighted by atomic mass is 32.2. The van der Waals surface area contributed by atoms with E-state index in [4.69, 9.17) is 5.11 Å². The number of amides is 1. The molecule has 1 aliphatic heterocycles. The van der Waals surface area contributed by atoms with Crippen LogP contribution in [-0.4, -0.2) is 65.2 Å². The minimum atomic E-state index is -4.38. The van der Waals surface area contributed by atoms with Crippen LogP contribution in [0.2, 0.25) is 0 Å². The van der Waals surface area contributed by atoms with E-state index in [1.807, 2.05) is 5.32 Å². The number of nitrogens with one attached hydrogen (secondary N) is 1. The lowest BCUT2D eigenvalue weighted by atomic mass is 10.2. The third kappa shape index (κ3) is 4.73. The summed E-state index contributed by atoms with van der Waals surface area (Å²) in [5, 5.41) is 10.9. The summed E-state index contributed by atoms with van der Waals surface area (Å²) >= 11 is 1.41. The maximum absolute atomic E-state index is 11.9. The molecule has 1 aliphatic rings. The van der Waals surface area contributed by atoms with Gasteiger partial charge in [0.25, 0.3) is 0 Å². The van der Waals surface area contributed by atoms with E-state index in [0.29, 0.717) is 5.75 Å². The molecule has 0 aromatic heterocycles. The van der Waals surface area contributed by atoms with Crippen LogP contribution in [0.15, 0.2) is 0 Å². The predicted octanol–water partition coefficient (Wildman–Crippen LogP) is 0.167. The predicted molar refractivity (Wildman–Crippen MR) is 59.4 cm³/mol. The van der Waals surface area contributed by atoms with Crippen molar-refractivity contribution in [1.29, 1.82) is 0 Å². The van der Waals surface area contributed by atoms with Gasteiger partial charge in [-0.05, 0) is 0 Å². The van der Waals surface area contributed by atoms with Gasteiger partial charge in [-0.1, -0.05) is 0 Å². The van der Waals surface area contributed by atoms with Crippen LogP contribution in [0.1, 0.15) is 0 Å². The smallest absolute Gasteiger partial charge is 0.401 e. The Kier molecular flexibility index (Phi) is 5.27. The maximum atomic E-state index is 11.9. The molecule has 104 valence electrons. The molecule has 1 amide bonds. The van der Waals surface area contributed by atoms with Gasteiger partial charge in [-0.15, -0.1) is 0 Å². The Hall–Kier alpha value is -0.960. The van der Waals surface area contributed by atoms with E-state index in [2.05, 4.69) is 0 Å². The van der Waals surface area contributed by atoms with Crippen molar-refractivity contribution in [2.45, 2.75) is 12.2 Å². The molecule has 1 saturated heterocycles. The maximum Gasteiger partial charge on any atom is 0.401 e. The number of carboxylic acids is 1. The first-order valence-corrected chi connectivity index (χ1v) is 6.34. The molecule has 0 radical (unpaired) electrons. The summed E-state index contributed by atoms with van der Waals surface area (Å²) in [6.07, 6.45) is -4.38. The molecule has 1 unspecified atom stereocenters. The lowest BCUT2D eigenvalue weighted by molar-refractivity contribution is -0.149. The number of alkyl halides is 3. The Morgan fingerprint density at radius 1 is 1.44 bits per heavy atom. The Morgan fingerprint density at radius 3 is 2.67 bits per heavy atom. The topological polar surface area (TPSA) is 69.6 Å². The van der Waals surface area contributed by atoms with E-state index in [0.717, 1.165) is 4.90 Å². The van der Waals surface area contributed by atoms with Crippen LogP contribution in [0.25, 0.3) is 0 Å². The molecular weight excluding hydrogens is 273 g/mol. The zero-order chi connectivity index (χ0) is 13.8. The Labute approximate surface area is 106 Å². The van der Waals surface area contributed by atoms with Crippen LogP contribution in [-0.2, 0) is 9.59 Å². The lowest BCUT2D eigenvalue weighted by Gasteiger charge is -2.32. The second-order valence-electron chi connectivity index (χ2n) is 3.73. The van der Waals surface area contributed by atoms with Gasteiger partial charge in [0.05, 0.1) is 13.1 Å². The van der Waals surface area contributed by atoms with Crippen LogP contribution in [0.4, 0.5) is 13.2 Å². The van der Waals surface area contributed by atoms with Gasteiger partial charge < -0.3 is 15.3 Å². The highest BCUT2D eigenvalue weighted by Gasteiger charge is 2.33. The highest BCUT2D eigenvalue weighted by Crippen LogP contribution is 2.17. The number of halogens is 3. The minimum Gasteiger partial charge on any atom is -0.480 e. The van der Waals surface area contributed by atoms with Crippen molar-refractivity contribution in [3.05, 3.63) is 0 Å². The number of hydrogen-bond acceptors (Lipinski definition) is 4. The minimum absolute atomic E-state index is 0.244. The summed E-state index contributed by atoms with van der Waals surface area (Å²) in [4.78, 5) is 23.6. The molecule has 0 spiro atoms. The van der Waals surface area contributed by atoms with Crippen LogP contribution in [0, 0.1) is 0 Å². The summed E-state index contributed by atoms with van der Waals surface area (Å²) in [5.41, 5.74) is 0. The molecule has 1 rings (SSSR count). The molecule has 5 nitrogen and oxygen atoms in total. The summed E-state index contributed by atoms with van der Waals surface area (Å²) in [6, 6.07) is -0.955. The molecule has 0 saturated carbocycles. The fourth-order valence-electron chi connectivity index (χ4n) is 1.52. The number of hydrogen-bond donors (Lipinski definition) is 2. The van der Waals surface area contributed by atoms with Gasteiger partial charge in [0.1, 0.15) is 6.04 Å². The fourth-order valence-corrected chi connectivity index (χ4v) is 2.56. The molecule has 0 aromatic rings. The van der Waals surface area contributed by atoms with Gasteiger partial charge in [0.2, 0.25) is 5.91 Å². The van der Waals surface area contributed by atoms with Crippen molar-refractivity contribution in [2.75, 3.05) is 31.1 Å². The van der Waals surface area contributed by atoms with Crippen LogP contribution >= 0.6 is 11.8 Å². The third-order valence-electron chi connectivity index (χ3n) is 2.34. The number of rotatable bonds is 4. The first-order valence-electron chi connectivity index (χ1n) is 5.19. The highest BCUT2D eigenvalue weighted by molar-refractivity contribution is 7.99. The second kappa shape index (κ2) is 6.28. The van der Waals surface area contributed by atoms with E-state index in [1.165, 1.54) is 11.8 Å². The molecule has 2 N–H and O–H groups in total. The molecule has 0 aromatic carbocycles. The van der Waals surface area contributed by atoms with Gasteiger partial charge in [-0.25, -0.2) is 4.79 Å². The number of thioether (sulfide) groups is 1. The van der Waals surface area contributed by atoms with Crippen molar-refractivity contribution in [3.63, 3.8) is 0 Å². The second-order valence-corrected chi connectivity index (χ2v) is 4.88. The van der Waals surface area contributed by atoms with Crippen molar-refractivity contribution in [1.82, 2.24) is 10.2 Å². The molecule has 0 bridgehead atoms. The van der Waals surface area contributed by atoms with Gasteiger partial charge in [-0.2, -0.15) is 24.9 Å². The van der Waals surface area contributed by atoms with Crippen LogP contribution in [0.3, 0.4) is 0 Å². The number of carbonyl (C=O) groups is 2. The first-order chi connectivity index (χ1) is 8.31. The Balaban J connectivity index is 2.46. The third-order valence-corrected chi connectivity index (χ3v) is 3.36. The van der Waals surface area contributed by atoms with E-state index in [1.54, 1.807) is 0 Å². The largest absolute Gasteiger partial charge is 0.480 e. The zero-order valence-electron chi connectivity index (χ0n) is 9.37. The van der Waals surface area contributed by atoms with Gasteiger partial charge >= 0.3 is 12.1 Å². The SMILES string of the molecule is O=C(O)C1CSCCN1C(=O)CNCC(F)(F)F. The standard InChI is InChI=1S/C9H13F3N2O3S/c10-9(11,12)5-13-3-7(15)14-1-2-18-4-6(14)8(16)17/h6,13H,1-5H2,(H,16,17). The number of carboxylic acid groups (broad SMARTS) is 1. The van der Waals surface area contributed by atoms with E-state index < -0.39 is 37.2 Å². The monoisotopic (exact) mass is 286 g/mol. The van der Waals surface area contributed by atoms with Crippen LogP contribution < -0.4 is 5.32 Å². The number of carbonyl (C=O) groups excluding carboxylic acids is 1. The summed E-state index contributed by atoms with van der Waals surface area (Å²) in [6.45, 7) is -1.53.